The van der Waals surface area contributed by atoms with Gasteiger partial charge >= 0.3 is 5.97 Å². The molecule has 2 fully saturated rings. The maximum Gasteiger partial charge on any atom is 0.305 e. The van der Waals surface area contributed by atoms with Gasteiger partial charge in [-0.05, 0) is 126 Å². The number of nitrogens with one attached hydrogen (secondary N) is 13. The normalized spacial score (nSPS) is 24.7. The number of aromatic nitrogens is 5. The zero-order chi connectivity index (χ0) is 96.1. The number of aliphatic hydroxyl groups is 1. The second-order valence-corrected chi connectivity index (χ2v) is 37.7. The monoisotopic (exact) mass is 1900 g/mol. The summed E-state index contributed by atoms with van der Waals surface area (Å²) in [7, 11) is 0. The number of thioether (sulfide) groups is 3. The molecule has 16 amide bonds. The van der Waals surface area contributed by atoms with Crippen molar-refractivity contribution >= 4 is 158 Å². The Labute approximate surface area is 783 Å². The number of carboxylic acid groups (broad SMARTS) is 1. The van der Waals surface area contributed by atoms with Gasteiger partial charge in [-0.25, -0.2) is 0 Å². The number of amides is 16. The Kier molecular flexibility index (Phi) is 34.7. The molecule has 0 spiro atoms. The number of rotatable bonds is 11. The quantitative estimate of drug-likeness (QED) is 0.0706. The van der Waals surface area contributed by atoms with E-state index < -0.39 is 215 Å². The summed E-state index contributed by atoms with van der Waals surface area (Å²) >= 11 is 2.78. The first-order valence-corrected chi connectivity index (χ1v) is 47.6. The Hall–Kier alpha value is -13.1. The van der Waals surface area contributed by atoms with Gasteiger partial charge in [0.1, 0.15) is 66.5 Å². The fourth-order valence-electron chi connectivity index (χ4n) is 16.4. The zero-order valence-corrected chi connectivity index (χ0v) is 77.0. The highest BCUT2D eigenvalue weighted by molar-refractivity contribution is 8.00. The lowest BCUT2D eigenvalue weighted by Gasteiger charge is -2.32. The average Bonchev–Trinajstić information content (AvgIpc) is 1.71. The molecule has 44 heteroatoms. The number of hydrogen-bond donors (Lipinski definition) is 17. The van der Waals surface area contributed by atoms with E-state index in [0.29, 0.717) is 72.7 Å². The van der Waals surface area contributed by atoms with Crippen molar-refractivity contribution in [2.45, 2.75) is 204 Å². The molecule has 10 heterocycles. The molecule has 0 aliphatic carbocycles. The summed E-state index contributed by atoms with van der Waals surface area (Å²) in [6.45, 7) is 6.01. The van der Waals surface area contributed by atoms with Crippen molar-refractivity contribution in [3.8, 4) is 0 Å². The zero-order valence-electron chi connectivity index (χ0n) is 74.5. The summed E-state index contributed by atoms with van der Waals surface area (Å²) in [4.78, 5) is 275. The fourth-order valence-corrected chi connectivity index (χ4v) is 19.3. The van der Waals surface area contributed by atoms with Gasteiger partial charge < -0.3 is 110 Å². The van der Waals surface area contributed by atoms with Crippen LogP contribution in [0.5, 0.6) is 0 Å². The number of benzene rings is 2. The van der Waals surface area contributed by atoms with E-state index in [1.165, 1.54) is 77.6 Å². The smallest absolute Gasteiger partial charge is 0.305 e. The molecule has 134 heavy (non-hydrogen) atoms. The summed E-state index contributed by atoms with van der Waals surface area (Å²) in [5.41, 5.74) is 17.2. The minimum absolute atomic E-state index is 0.0201. The van der Waals surface area contributed by atoms with E-state index in [0.717, 1.165) is 35.3 Å². The van der Waals surface area contributed by atoms with Crippen molar-refractivity contribution in [3.63, 3.8) is 0 Å². The van der Waals surface area contributed by atoms with Crippen molar-refractivity contribution in [2.24, 2.45) is 23.3 Å². The van der Waals surface area contributed by atoms with Gasteiger partial charge in [-0.2, -0.15) is 0 Å². The predicted molar refractivity (Wildman–Crippen MR) is 493 cm³/mol. The first-order chi connectivity index (χ1) is 64.1. The van der Waals surface area contributed by atoms with Crippen LogP contribution in [0.2, 0.25) is 0 Å². The first kappa shape index (κ1) is 99.9. The van der Waals surface area contributed by atoms with Crippen molar-refractivity contribution in [1.29, 1.82) is 0 Å². The standard InChI is InChI=1S/C90H112N22O19S3/c1-47(2)76-88(129)102-65(25-75(118)119)81(122)98-34-71(114)99-63(23-56-32-96-60-14-8-6-12-58(56)60)83(124)107-77(48(3)4)90(131)112-19-11-17-69(112)87(128)103-66(79(92)120)41-132-44-72(115)109-35-50-20-52(28-93-26-50)37-110-38-54-22-55(31-95-30-54)40-111(39-53-21-51(36-109)27-94-29-53)74(117)46-134-43-68(104-80(121)49(5)91)86(127)108-78-70(113)18-10-16-62(100-89(78)130)82(123)105-67(42-133-45-73(110)116)85(126)101-64(84(125)106-76)24-57-33-97-61-15-9-7-13-59(57)61/h6-9,12-15,20-22,26-33,47-49,62-70,76-78,96-97,113H,10-11,16-19,23-25,34-46,91H2,1-5H3,(H2,92,120)(H,98,122)(H,99,114)(H,100,130)(H,101,126)(H,102,129)(H,103,128)(H,104,121)(H,105,123)(H,106,125)(H,107,124)(H,108,127)(H,118,119)/t49-,62-,63-,64-,65-,66-,67-,68-,69-,70+,76-,77-,78-/m0/s1. The van der Waals surface area contributed by atoms with Gasteiger partial charge in [0, 0.05) is 147 Å². The van der Waals surface area contributed by atoms with Crippen LogP contribution in [0.25, 0.3) is 21.8 Å². The molecule has 2 saturated heterocycles. The molecule has 714 valence electrons. The Balaban J connectivity index is 0.938. The lowest BCUT2D eigenvalue weighted by molar-refractivity contribution is -0.143. The fraction of sp³-hybridized carbons (Fsp3) is 0.467. The topological polar surface area (TPSA) is 598 Å². The number of H-pyrrole nitrogens is 2. The minimum atomic E-state index is -1.96. The largest absolute Gasteiger partial charge is 0.481 e. The number of hydrogen-bond acceptors (Lipinski definition) is 25. The van der Waals surface area contributed by atoms with Crippen molar-refractivity contribution in [1.82, 2.24) is 103 Å². The van der Waals surface area contributed by atoms with Crippen LogP contribution in [0.1, 0.15) is 118 Å². The molecule has 5 aliphatic heterocycles. The molecule has 12 rings (SSSR count). The number of aliphatic hydroxyl groups excluding tert-OH is 1. The van der Waals surface area contributed by atoms with Gasteiger partial charge in [0.25, 0.3) is 0 Å². The average molecular weight is 1900 g/mol. The third kappa shape index (κ3) is 26.9. The molecule has 5 aromatic heterocycles. The summed E-state index contributed by atoms with van der Waals surface area (Å²) < 4.78 is 0. The maximum absolute atomic E-state index is 15.7. The van der Waals surface area contributed by atoms with E-state index in [1.807, 2.05) is 0 Å². The van der Waals surface area contributed by atoms with Gasteiger partial charge in [-0.3, -0.25) is 96.5 Å². The SMILES string of the molecule is CC(C)[C@@H]1NC(=O)[C@H](Cc2c[nH]c3ccccc23)NC(=O)[C@@H]2CSCC(=O)N3Cc4cncc(c4)CN(Cc4cncc(c4)CN(Cc4cncc(c4)C3)C(=O)CSC[C@H](NC(=O)[C@H](C)N)C(=O)N[C@@H]3C(=O)N[C@@H](CCC[C@H]3O)C(=O)N2)C(=O)CSC[C@@H](C(N)=O)NC(=O)[C@@H]2CCCN2C(=O)[C@H](C(C)C)NC(=O)[C@H](Cc2c[nH]c3ccccc23)NC(=O)CNC(=O)[C@H](CC(=O)O)NC1=O. The van der Waals surface area contributed by atoms with Crippen LogP contribution < -0.4 is 70.0 Å². The van der Waals surface area contributed by atoms with E-state index in [9.17, 15) is 58.2 Å². The lowest BCUT2D eigenvalue weighted by atomic mass is 9.97. The van der Waals surface area contributed by atoms with Gasteiger partial charge in [-0.15, -0.1) is 35.3 Å². The van der Waals surface area contributed by atoms with Gasteiger partial charge in [0.15, 0.2) is 0 Å². The van der Waals surface area contributed by atoms with Gasteiger partial charge in [-0.1, -0.05) is 64.1 Å². The molecule has 7 aromatic rings. The third-order valence-electron chi connectivity index (χ3n) is 23.5. The maximum atomic E-state index is 15.7. The van der Waals surface area contributed by atoms with Crippen LogP contribution in [0.3, 0.4) is 0 Å². The van der Waals surface area contributed by atoms with Crippen LogP contribution in [0.15, 0.2) is 116 Å². The molecule has 41 nitrogen and oxygen atoms in total. The predicted octanol–water partition coefficient (Wildman–Crippen LogP) is -1.43. The lowest BCUT2D eigenvalue weighted by Crippen LogP contribution is -2.63. The number of aliphatic carboxylic acids is 1. The number of carbonyl (C=O) groups is 17. The Morgan fingerprint density at radius 3 is 1.46 bits per heavy atom. The van der Waals surface area contributed by atoms with E-state index >= 15 is 33.6 Å². The number of carboxylic acids is 1. The molecule has 0 saturated carbocycles. The number of nitrogens with two attached hydrogens (primary N) is 2. The highest BCUT2D eigenvalue weighted by atomic mass is 32.2. The first-order valence-electron chi connectivity index (χ1n) is 44.1. The number of carbonyl (C=O) groups excluding carboxylic acids is 16. The summed E-state index contributed by atoms with van der Waals surface area (Å²) in [5.74, 6) is -19.3. The molecule has 0 radical (unpaired) electrons. The molecule has 0 unspecified atom stereocenters. The van der Waals surface area contributed by atoms with Crippen molar-refractivity contribution in [3.05, 3.63) is 161 Å². The second-order valence-electron chi connectivity index (χ2n) is 34.7. The molecule has 2 aromatic carbocycles. The van der Waals surface area contributed by atoms with Crippen molar-refractivity contribution in [2.75, 3.05) is 47.6 Å². The molecule has 12 bridgehead atoms. The number of aromatic amines is 2. The molecule has 13 atom stereocenters. The summed E-state index contributed by atoms with van der Waals surface area (Å²) in [6, 6.07) is 0.861. The number of para-hydroxylation sites is 2. The molecule has 19 N–H and O–H groups in total. The van der Waals surface area contributed by atoms with Gasteiger partial charge in [0.2, 0.25) is 94.5 Å². The molecule has 5 aliphatic rings. The van der Waals surface area contributed by atoms with Crippen LogP contribution >= 0.6 is 35.3 Å². The number of fused-ring (bicyclic) bond motifs is 14. The van der Waals surface area contributed by atoms with E-state index in [-0.39, 0.29) is 107 Å². The molecular formula is C90H112N22O19S3. The van der Waals surface area contributed by atoms with E-state index in [2.05, 4.69) is 83.4 Å². The van der Waals surface area contributed by atoms with Crippen LogP contribution in [0, 0.1) is 11.8 Å². The Bertz CT molecular complexity index is 5560. The number of nitrogens with zero attached hydrogens (tertiary/aromatic N) is 7. The number of pyridine rings is 3. The van der Waals surface area contributed by atoms with Crippen LogP contribution in [-0.4, -0.2) is 281 Å². The highest BCUT2D eigenvalue weighted by Crippen LogP contribution is 2.28. The van der Waals surface area contributed by atoms with Crippen LogP contribution in [-0.2, 0) is 134 Å². The van der Waals surface area contributed by atoms with E-state index in [4.69, 9.17) is 11.5 Å². The summed E-state index contributed by atoms with van der Waals surface area (Å²) in [6.07, 6.45) is 9.29. The second kappa shape index (κ2) is 46.5. The summed E-state index contributed by atoms with van der Waals surface area (Å²) in [5, 5.41) is 52.0. The minimum Gasteiger partial charge on any atom is -0.481 e. The van der Waals surface area contributed by atoms with Crippen molar-refractivity contribution < 1.29 is 91.7 Å². The Morgan fingerprint density at radius 2 is 0.963 bits per heavy atom. The van der Waals surface area contributed by atoms with Gasteiger partial charge in [0.05, 0.1) is 42.4 Å². The van der Waals surface area contributed by atoms with Crippen LogP contribution in [0.4, 0.5) is 0 Å². The number of primary amides is 1. The molecular weight excluding hydrogens is 1790 g/mol. The Morgan fingerprint density at radius 1 is 0.493 bits per heavy atom. The third-order valence-corrected chi connectivity index (χ3v) is 26.6. The highest BCUT2D eigenvalue weighted by Gasteiger charge is 2.44. The van der Waals surface area contributed by atoms with E-state index in [1.54, 1.807) is 93.0 Å².